The van der Waals surface area contributed by atoms with E-state index in [4.69, 9.17) is 5.73 Å². The SMILES string of the molecule is NCC1CCN(C(=O)c2cncc(-c3ccccc3)c2)C1. The Morgan fingerprint density at radius 1 is 1.24 bits per heavy atom. The van der Waals surface area contributed by atoms with Crippen LogP contribution in [0, 0.1) is 5.92 Å². The molecule has 4 heteroatoms. The van der Waals surface area contributed by atoms with Gasteiger partial charge in [0.05, 0.1) is 5.56 Å². The minimum atomic E-state index is 0.0521. The minimum Gasteiger partial charge on any atom is -0.338 e. The molecular weight excluding hydrogens is 262 g/mol. The summed E-state index contributed by atoms with van der Waals surface area (Å²) in [6.07, 6.45) is 4.43. The summed E-state index contributed by atoms with van der Waals surface area (Å²) in [6.45, 7) is 2.19. The molecule has 1 aliphatic heterocycles. The van der Waals surface area contributed by atoms with Crippen LogP contribution in [0.15, 0.2) is 48.8 Å². The molecule has 2 N–H and O–H groups in total. The molecule has 1 atom stereocenters. The highest BCUT2D eigenvalue weighted by Crippen LogP contribution is 2.21. The highest BCUT2D eigenvalue weighted by Gasteiger charge is 2.26. The fraction of sp³-hybridized carbons (Fsp3) is 0.294. The van der Waals surface area contributed by atoms with Crippen LogP contribution >= 0.6 is 0 Å². The van der Waals surface area contributed by atoms with Gasteiger partial charge in [0.15, 0.2) is 0 Å². The van der Waals surface area contributed by atoms with E-state index in [0.717, 1.165) is 30.6 Å². The van der Waals surface area contributed by atoms with E-state index in [1.165, 1.54) is 0 Å². The average molecular weight is 281 g/mol. The van der Waals surface area contributed by atoms with Crippen LogP contribution in [0.2, 0.25) is 0 Å². The van der Waals surface area contributed by atoms with Gasteiger partial charge in [-0.1, -0.05) is 30.3 Å². The highest BCUT2D eigenvalue weighted by atomic mass is 16.2. The lowest BCUT2D eigenvalue weighted by atomic mass is 10.1. The molecule has 1 aromatic heterocycles. The minimum absolute atomic E-state index is 0.0521. The van der Waals surface area contributed by atoms with Crippen molar-refractivity contribution in [3.05, 3.63) is 54.4 Å². The van der Waals surface area contributed by atoms with E-state index in [-0.39, 0.29) is 5.91 Å². The number of likely N-dealkylation sites (tertiary alicyclic amines) is 1. The van der Waals surface area contributed by atoms with Crippen molar-refractivity contribution in [2.75, 3.05) is 19.6 Å². The summed E-state index contributed by atoms with van der Waals surface area (Å²) < 4.78 is 0. The van der Waals surface area contributed by atoms with Gasteiger partial charge in [-0.2, -0.15) is 0 Å². The van der Waals surface area contributed by atoms with E-state index in [9.17, 15) is 4.79 Å². The second-order valence-corrected chi connectivity index (χ2v) is 5.47. The fourth-order valence-corrected chi connectivity index (χ4v) is 2.74. The number of nitrogens with zero attached hydrogens (tertiary/aromatic N) is 2. The van der Waals surface area contributed by atoms with E-state index in [1.807, 2.05) is 41.3 Å². The molecule has 1 amide bonds. The number of hydrogen-bond acceptors (Lipinski definition) is 3. The Bertz CT molecular complexity index is 627. The van der Waals surface area contributed by atoms with Crippen LogP contribution in [0.5, 0.6) is 0 Å². The Hall–Kier alpha value is -2.20. The number of pyridine rings is 1. The molecular formula is C17H19N3O. The van der Waals surface area contributed by atoms with Gasteiger partial charge in [-0.25, -0.2) is 0 Å². The summed E-state index contributed by atoms with van der Waals surface area (Å²) in [5, 5.41) is 0. The highest BCUT2D eigenvalue weighted by molar-refractivity contribution is 5.95. The van der Waals surface area contributed by atoms with E-state index < -0.39 is 0 Å². The molecule has 21 heavy (non-hydrogen) atoms. The number of carbonyl (C=O) groups excluding carboxylic acids is 1. The van der Waals surface area contributed by atoms with Gasteiger partial charge in [-0.3, -0.25) is 9.78 Å². The topological polar surface area (TPSA) is 59.2 Å². The quantitative estimate of drug-likeness (QED) is 0.938. The summed E-state index contributed by atoms with van der Waals surface area (Å²) in [5.74, 6) is 0.482. The summed E-state index contributed by atoms with van der Waals surface area (Å²) in [7, 11) is 0. The molecule has 3 rings (SSSR count). The van der Waals surface area contributed by atoms with Crippen LogP contribution in [0.4, 0.5) is 0 Å². The van der Waals surface area contributed by atoms with Crippen molar-refractivity contribution in [1.29, 1.82) is 0 Å². The summed E-state index contributed by atoms with van der Waals surface area (Å²) in [4.78, 5) is 18.6. The first-order chi connectivity index (χ1) is 10.3. The third-order valence-electron chi connectivity index (χ3n) is 4.00. The molecule has 0 spiro atoms. The zero-order valence-electron chi connectivity index (χ0n) is 11.9. The smallest absolute Gasteiger partial charge is 0.255 e. The van der Waals surface area contributed by atoms with E-state index in [2.05, 4.69) is 4.98 Å². The number of rotatable bonds is 3. The fourth-order valence-electron chi connectivity index (χ4n) is 2.74. The van der Waals surface area contributed by atoms with Crippen molar-refractivity contribution >= 4 is 5.91 Å². The molecule has 1 aliphatic rings. The van der Waals surface area contributed by atoms with Crippen LogP contribution in [-0.4, -0.2) is 35.4 Å². The molecule has 0 bridgehead atoms. The van der Waals surface area contributed by atoms with Crippen LogP contribution in [-0.2, 0) is 0 Å². The second kappa shape index (κ2) is 6.06. The lowest BCUT2D eigenvalue weighted by molar-refractivity contribution is 0.0787. The molecule has 0 aliphatic carbocycles. The Morgan fingerprint density at radius 3 is 2.76 bits per heavy atom. The first-order valence-electron chi connectivity index (χ1n) is 7.27. The Kier molecular flexibility index (Phi) is 3.97. The molecule has 0 radical (unpaired) electrons. The van der Waals surface area contributed by atoms with Gasteiger partial charge in [-0.15, -0.1) is 0 Å². The lowest BCUT2D eigenvalue weighted by Crippen LogP contribution is -2.29. The predicted octanol–water partition coefficient (Wildman–Crippen LogP) is 2.17. The standard InChI is InChI=1S/C17H19N3O/c18-9-13-6-7-20(12-13)17(21)16-8-15(10-19-11-16)14-4-2-1-3-5-14/h1-5,8,10-11,13H,6-7,9,12,18H2. The summed E-state index contributed by atoms with van der Waals surface area (Å²) >= 11 is 0. The maximum Gasteiger partial charge on any atom is 0.255 e. The molecule has 2 heterocycles. The largest absolute Gasteiger partial charge is 0.338 e. The van der Waals surface area contributed by atoms with Crippen LogP contribution in [0.3, 0.4) is 0 Å². The van der Waals surface area contributed by atoms with E-state index in [0.29, 0.717) is 18.0 Å². The third kappa shape index (κ3) is 2.95. The maximum atomic E-state index is 12.5. The Balaban J connectivity index is 1.82. The molecule has 1 unspecified atom stereocenters. The molecule has 1 aromatic carbocycles. The number of aromatic nitrogens is 1. The van der Waals surface area contributed by atoms with Gasteiger partial charge in [0.25, 0.3) is 5.91 Å². The zero-order valence-corrected chi connectivity index (χ0v) is 11.9. The monoisotopic (exact) mass is 281 g/mol. The average Bonchev–Trinajstić information content (AvgIpc) is 3.04. The van der Waals surface area contributed by atoms with E-state index in [1.54, 1.807) is 12.4 Å². The number of benzene rings is 1. The molecule has 1 fully saturated rings. The number of hydrogen-bond donors (Lipinski definition) is 1. The van der Waals surface area contributed by atoms with Gasteiger partial charge in [-0.05, 0) is 30.5 Å². The maximum absolute atomic E-state index is 12.5. The van der Waals surface area contributed by atoms with Gasteiger partial charge < -0.3 is 10.6 Å². The van der Waals surface area contributed by atoms with E-state index >= 15 is 0 Å². The van der Waals surface area contributed by atoms with Crippen LogP contribution in [0.1, 0.15) is 16.8 Å². The van der Waals surface area contributed by atoms with Gasteiger partial charge >= 0.3 is 0 Å². The third-order valence-corrected chi connectivity index (χ3v) is 4.00. The van der Waals surface area contributed by atoms with Gasteiger partial charge in [0.1, 0.15) is 0 Å². The normalized spacial score (nSPS) is 18.0. The molecule has 1 saturated heterocycles. The first kappa shape index (κ1) is 13.8. The molecule has 108 valence electrons. The Labute approximate surface area is 124 Å². The summed E-state index contributed by atoms with van der Waals surface area (Å²) in [6, 6.07) is 11.9. The molecule has 2 aromatic rings. The van der Waals surface area contributed by atoms with Crippen molar-refractivity contribution in [1.82, 2.24) is 9.88 Å². The van der Waals surface area contributed by atoms with Crippen molar-refractivity contribution in [2.24, 2.45) is 11.7 Å². The number of nitrogens with two attached hydrogens (primary N) is 1. The molecule has 0 saturated carbocycles. The predicted molar refractivity (Wildman–Crippen MR) is 82.7 cm³/mol. The number of amides is 1. The number of carbonyl (C=O) groups is 1. The van der Waals surface area contributed by atoms with Crippen LogP contribution in [0.25, 0.3) is 11.1 Å². The van der Waals surface area contributed by atoms with Crippen molar-refractivity contribution in [2.45, 2.75) is 6.42 Å². The van der Waals surface area contributed by atoms with Crippen molar-refractivity contribution < 1.29 is 4.79 Å². The second-order valence-electron chi connectivity index (χ2n) is 5.47. The lowest BCUT2D eigenvalue weighted by Gasteiger charge is -2.16. The first-order valence-corrected chi connectivity index (χ1v) is 7.27. The molecule has 4 nitrogen and oxygen atoms in total. The van der Waals surface area contributed by atoms with Gasteiger partial charge in [0, 0.05) is 31.0 Å². The van der Waals surface area contributed by atoms with Crippen molar-refractivity contribution in [3.63, 3.8) is 0 Å². The zero-order chi connectivity index (χ0) is 14.7. The summed E-state index contributed by atoms with van der Waals surface area (Å²) in [5.41, 5.74) is 8.37. The Morgan fingerprint density at radius 2 is 2.05 bits per heavy atom. The van der Waals surface area contributed by atoms with Crippen molar-refractivity contribution in [3.8, 4) is 11.1 Å². The van der Waals surface area contributed by atoms with Crippen LogP contribution < -0.4 is 5.73 Å². The van der Waals surface area contributed by atoms with Gasteiger partial charge in [0.2, 0.25) is 0 Å².